The molecule has 0 aliphatic heterocycles. The predicted octanol–water partition coefficient (Wildman–Crippen LogP) is 3.48. The minimum atomic E-state index is -0.968. The van der Waals surface area contributed by atoms with E-state index in [4.69, 9.17) is 9.84 Å². The molecule has 112 valence electrons. The molecule has 0 aliphatic carbocycles. The van der Waals surface area contributed by atoms with Crippen molar-refractivity contribution in [3.63, 3.8) is 0 Å². The Morgan fingerprint density at radius 2 is 2.14 bits per heavy atom. The lowest BCUT2D eigenvalue weighted by Crippen LogP contribution is -2.21. The van der Waals surface area contributed by atoms with Crippen LogP contribution >= 0.6 is 11.3 Å². The number of aromatic carboxylic acids is 1. The molecule has 1 aromatic carbocycles. The van der Waals surface area contributed by atoms with Crippen molar-refractivity contribution in [2.75, 3.05) is 13.7 Å². The van der Waals surface area contributed by atoms with Crippen LogP contribution in [-0.4, -0.2) is 29.6 Å². The van der Waals surface area contributed by atoms with Crippen molar-refractivity contribution in [1.82, 2.24) is 4.90 Å². The standard InChI is InChI=1S/C16H19NO3S/c1-3-17(11-13-5-4-8-21-13)10-12-6-7-14(16(18)19)15(9-12)20-2/h4-9H,3,10-11H2,1-2H3,(H,18,19). The number of rotatable bonds is 7. The Kier molecular flexibility index (Phi) is 5.36. The number of thiophene rings is 1. The highest BCUT2D eigenvalue weighted by Crippen LogP contribution is 2.22. The van der Waals surface area contributed by atoms with Crippen LogP contribution in [0.2, 0.25) is 0 Å². The summed E-state index contributed by atoms with van der Waals surface area (Å²) in [4.78, 5) is 14.7. The van der Waals surface area contributed by atoms with E-state index in [1.54, 1.807) is 23.5 Å². The van der Waals surface area contributed by atoms with Gasteiger partial charge in [0, 0.05) is 18.0 Å². The maximum atomic E-state index is 11.1. The summed E-state index contributed by atoms with van der Waals surface area (Å²) in [5.74, 6) is -0.559. The van der Waals surface area contributed by atoms with Crippen molar-refractivity contribution in [3.8, 4) is 5.75 Å². The van der Waals surface area contributed by atoms with Crippen molar-refractivity contribution in [3.05, 3.63) is 51.7 Å². The zero-order valence-electron chi connectivity index (χ0n) is 12.2. The van der Waals surface area contributed by atoms with Crippen LogP contribution in [0.5, 0.6) is 5.75 Å². The summed E-state index contributed by atoms with van der Waals surface area (Å²) < 4.78 is 5.17. The number of methoxy groups -OCH3 is 1. The van der Waals surface area contributed by atoms with Gasteiger partial charge in [-0.1, -0.05) is 19.1 Å². The molecule has 21 heavy (non-hydrogen) atoms. The van der Waals surface area contributed by atoms with Crippen LogP contribution in [-0.2, 0) is 13.1 Å². The van der Waals surface area contributed by atoms with Gasteiger partial charge in [0.1, 0.15) is 11.3 Å². The zero-order chi connectivity index (χ0) is 15.2. The molecule has 1 N–H and O–H groups in total. The first kappa shape index (κ1) is 15.5. The van der Waals surface area contributed by atoms with E-state index in [0.29, 0.717) is 5.75 Å². The second-order valence-electron chi connectivity index (χ2n) is 4.72. The number of hydrogen-bond acceptors (Lipinski definition) is 4. The first-order valence-corrected chi connectivity index (χ1v) is 7.67. The Morgan fingerprint density at radius 1 is 1.33 bits per heavy atom. The lowest BCUT2D eigenvalue weighted by molar-refractivity contribution is 0.0693. The molecule has 2 aromatic rings. The molecular weight excluding hydrogens is 286 g/mol. The van der Waals surface area contributed by atoms with Crippen LogP contribution < -0.4 is 4.74 Å². The molecule has 5 heteroatoms. The van der Waals surface area contributed by atoms with E-state index in [9.17, 15) is 4.79 Å². The molecule has 0 radical (unpaired) electrons. The fourth-order valence-electron chi connectivity index (χ4n) is 2.17. The highest BCUT2D eigenvalue weighted by molar-refractivity contribution is 7.09. The van der Waals surface area contributed by atoms with Gasteiger partial charge in [-0.2, -0.15) is 0 Å². The first-order valence-electron chi connectivity index (χ1n) is 6.79. The normalized spacial score (nSPS) is 10.8. The van der Waals surface area contributed by atoms with Crippen molar-refractivity contribution in [2.45, 2.75) is 20.0 Å². The molecule has 0 spiro atoms. The van der Waals surface area contributed by atoms with E-state index < -0.39 is 5.97 Å². The van der Waals surface area contributed by atoms with Crippen molar-refractivity contribution >= 4 is 17.3 Å². The largest absolute Gasteiger partial charge is 0.496 e. The van der Waals surface area contributed by atoms with Gasteiger partial charge >= 0.3 is 5.97 Å². The zero-order valence-corrected chi connectivity index (χ0v) is 13.0. The molecule has 0 atom stereocenters. The first-order chi connectivity index (χ1) is 10.1. The number of hydrogen-bond donors (Lipinski definition) is 1. The Bertz CT molecular complexity index is 596. The molecule has 0 saturated carbocycles. The third-order valence-corrected chi connectivity index (χ3v) is 4.17. The van der Waals surface area contributed by atoms with Gasteiger partial charge in [-0.05, 0) is 35.7 Å². The number of carboxylic acid groups (broad SMARTS) is 1. The van der Waals surface area contributed by atoms with E-state index in [1.165, 1.54) is 12.0 Å². The van der Waals surface area contributed by atoms with E-state index in [1.807, 2.05) is 6.07 Å². The fraction of sp³-hybridized carbons (Fsp3) is 0.312. The van der Waals surface area contributed by atoms with Crippen LogP contribution in [0.3, 0.4) is 0 Å². The Balaban J connectivity index is 2.12. The quantitative estimate of drug-likeness (QED) is 0.851. The Hall–Kier alpha value is -1.85. The molecule has 1 aromatic heterocycles. The van der Waals surface area contributed by atoms with E-state index in [-0.39, 0.29) is 5.56 Å². The van der Waals surface area contributed by atoms with E-state index in [2.05, 4.69) is 29.3 Å². The highest BCUT2D eigenvalue weighted by atomic mass is 32.1. The third-order valence-electron chi connectivity index (χ3n) is 3.31. The monoisotopic (exact) mass is 305 g/mol. The van der Waals surface area contributed by atoms with E-state index in [0.717, 1.165) is 25.2 Å². The summed E-state index contributed by atoms with van der Waals surface area (Å²) in [7, 11) is 1.49. The maximum absolute atomic E-state index is 11.1. The summed E-state index contributed by atoms with van der Waals surface area (Å²) >= 11 is 1.75. The molecule has 0 amide bonds. The van der Waals surface area contributed by atoms with Gasteiger partial charge in [0.15, 0.2) is 0 Å². The number of benzene rings is 1. The van der Waals surface area contributed by atoms with Crippen molar-refractivity contribution in [1.29, 1.82) is 0 Å². The van der Waals surface area contributed by atoms with Crippen LogP contribution in [0.4, 0.5) is 0 Å². The van der Waals surface area contributed by atoms with Gasteiger partial charge in [-0.25, -0.2) is 4.79 Å². The molecule has 0 bridgehead atoms. The number of nitrogens with zero attached hydrogens (tertiary/aromatic N) is 1. The SMILES string of the molecule is CCN(Cc1ccc(C(=O)O)c(OC)c1)Cc1cccs1. The van der Waals surface area contributed by atoms with Crippen LogP contribution in [0, 0.1) is 0 Å². The van der Waals surface area contributed by atoms with Crippen LogP contribution in [0.1, 0.15) is 27.7 Å². The molecule has 4 nitrogen and oxygen atoms in total. The number of carboxylic acids is 1. The van der Waals surface area contributed by atoms with Crippen molar-refractivity contribution < 1.29 is 14.6 Å². The molecule has 0 saturated heterocycles. The Morgan fingerprint density at radius 3 is 2.71 bits per heavy atom. The highest BCUT2D eigenvalue weighted by Gasteiger charge is 2.13. The summed E-state index contributed by atoms with van der Waals surface area (Å²) in [6.45, 7) is 4.72. The van der Waals surface area contributed by atoms with Gasteiger partial charge in [-0.15, -0.1) is 11.3 Å². The summed E-state index contributed by atoms with van der Waals surface area (Å²) in [6.07, 6.45) is 0. The molecule has 0 aliphatic rings. The van der Waals surface area contributed by atoms with Gasteiger partial charge in [0.2, 0.25) is 0 Å². The van der Waals surface area contributed by atoms with Gasteiger partial charge in [0.05, 0.1) is 7.11 Å². The van der Waals surface area contributed by atoms with Crippen molar-refractivity contribution in [2.24, 2.45) is 0 Å². The minimum Gasteiger partial charge on any atom is -0.496 e. The summed E-state index contributed by atoms with van der Waals surface area (Å²) in [5.41, 5.74) is 1.25. The minimum absolute atomic E-state index is 0.197. The van der Waals surface area contributed by atoms with E-state index >= 15 is 0 Å². The van der Waals surface area contributed by atoms with Crippen LogP contribution in [0.25, 0.3) is 0 Å². The average molecular weight is 305 g/mol. The molecule has 1 heterocycles. The summed E-state index contributed by atoms with van der Waals surface area (Å²) in [5, 5.41) is 11.2. The lowest BCUT2D eigenvalue weighted by Gasteiger charge is -2.20. The molecule has 0 unspecified atom stereocenters. The van der Waals surface area contributed by atoms with Gasteiger partial charge < -0.3 is 9.84 Å². The molecular formula is C16H19NO3S. The lowest BCUT2D eigenvalue weighted by atomic mass is 10.1. The number of ether oxygens (including phenoxy) is 1. The predicted molar refractivity (Wildman–Crippen MR) is 84.1 cm³/mol. The second kappa shape index (κ2) is 7.24. The topological polar surface area (TPSA) is 49.8 Å². The average Bonchev–Trinajstić information content (AvgIpc) is 2.99. The number of carbonyl (C=O) groups is 1. The third kappa shape index (κ3) is 4.06. The summed E-state index contributed by atoms with van der Waals surface area (Å²) in [6, 6.07) is 9.44. The maximum Gasteiger partial charge on any atom is 0.339 e. The smallest absolute Gasteiger partial charge is 0.339 e. The van der Waals surface area contributed by atoms with Gasteiger partial charge in [0.25, 0.3) is 0 Å². The Labute approximate surface area is 128 Å². The molecule has 2 rings (SSSR count). The van der Waals surface area contributed by atoms with Gasteiger partial charge in [-0.3, -0.25) is 4.90 Å². The molecule has 0 fully saturated rings. The second-order valence-corrected chi connectivity index (χ2v) is 5.75. The fourth-order valence-corrected chi connectivity index (χ4v) is 2.92. The van der Waals surface area contributed by atoms with Crippen LogP contribution in [0.15, 0.2) is 35.7 Å².